The zero-order valence-electron chi connectivity index (χ0n) is 19.2. The van der Waals surface area contributed by atoms with Gasteiger partial charge in [0.05, 0.1) is 12.1 Å². The number of halogens is 3. The Kier molecular flexibility index (Phi) is 6.02. The van der Waals surface area contributed by atoms with Crippen LogP contribution in [-0.4, -0.2) is 53.9 Å². The Hall–Kier alpha value is -3.00. The van der Waals surface area contributed by atoms with Crippen molar-refractivity contribution in [3.05, 3.63) is 59.5 Å². The summed E-state index contributed by atoms with van der Waals surface area (Å²) in [4.78, 5) is 20.1. The van der Waals surface area contributed by atoms with Crippen molar-refractivity contribution in [1.29, 1.82) is 0 Å². The number of fused-ring (bicyclic) bond motifs is 1. The predicted octanol–water partition coefficient (Wildman–Crippen LogP) is 5.57. The third kappa shape index (κ3) is 4.27. The molecule has 8 heteroatoms. The van der Waals surface area contributed by atoms with Crippen LogP contribution in [0.25, 0.3) is 10.9 Å². The molecule has 0 atom stereocenters. The molecular formula is C26H29F3N4O. The van der Waals surface area contributed by atoms with E-state index >= 15 is 0 Å². The number of piperidine rings is 1. The second-order valence-electron chi connectivity index (χ2n) is 9.49. The number of alkyl halides is 2. The van der Waals surface area contributed by atoms with Crippen LogP contribution in [-0.2, 0) is 0 Å². The number of hydrogen-bond donors (Lipinski definition) is 2. The second kappa shape index (κ2) is 8.98. The van der Waals surface area contributed by atoms with Crippen molar-refractivity contribution >= 4 is 28.2 Å². The quantitative estimate of drug-likeness (QED) is 0.513. The van der Waals surface area contributed by atoms with Crippen molar-refractivity contribution in [2.45, 2.75) is 44.6 Å². The summed E-state index contributed by atoms with van der Waals surface area (Å²) in [7, 11) is 0. The zero-order valence-corrected chi connectivity index (χ0v) is 19.2. The summed E-state index contributed by atoms with van der Waals surface area (Å²) in [5.41, 5.74) is 3.32. The number of benzene rings is 2. The molecule has 2 aliphatic rings. The molecule has 2 saturated heterocycles. The lowest BCUT2D eigenvalue weighted by Crippen LogP contribution is -2.53. The molecule has 1 aromatic heterocycles. The molecule has 3 heterocycles. The summed E-state index contributed by atoms with van der Waals surface area (Å²) < 4.78 is 40.2. The van der Waals surface area contributed by atoms with Crippen LogP contribution in [0.1, 0.15) is 41.7 Å². The number of carbonyl (C=O) groups is 1. The summed E-state index contributed by atoms with van der Waals surface area (Å²) in [6.07, 6.45) is 1.37. The number of H-pyrrole nitrogens is 1. The number of likely N-dealkylation sites (tertiary alicyclic amines) is 1. The number of anilines is 2. The van der Waals surface area contributed by atoms with E-state index in [0.717, 1.165) is 56.6 Å². The van der Waals surface area contributed by atoms with E-state index in [1.54, 1.807) is 6.07 Å². The van der Waals surface area contributed by atoms with Gasteiger partial charge in [-0.2, -0.15) is 0 Å². The maximum Gasteiger partial charge on any atom is 0.272 e. The first-order valence-corrected chi connectivity index (χ1v) is 11.8. The topological polar surface area (TPSA) is 51.4 Å². The van der Waals surface area contributed by atoms with Crippen LogP contribution < -0.4 is 10.2 Å². The highest BCUT2D eigenvalue weighted by Gasteiger charge is 2.43. The number of nitrogens with one attached hydrogen (secondary N) is 2. The van der Waals surface area contributed by atoms with Gasteiger partial charge < -0.3 is 15.2 Å². The molecule has 180 valence electrons. The molecule has 3 aromatic rings. The van der Waals surface area contributed by atoms with E-state index in [-0.39, 0.29) is 23.8 Å². The Morgan fingerprint density at radius 2 is 1.91 bits per heavy atom. The third-order valence-electron chi connectivity index (χ3n) is 7.46. The molecule has 2 N–H and O–H groups in total. The molecule has 5 nitrogen and oxygen atoms in total. The summed E-state index contributed by atoms with van der Waals surface area (Å²) in [6.45, 7) is 4.06. The standard InChI is InChI=1S/C26H29F3N4O/c1-17-6-7-21(27)20-15-22(31-24(17)20)25(34)30-18-4-2-5-19(14-18)32-12-9-26(10-13-32)8-3-11-33(26)16-23(28)29/h2,4-7,14-15,23,31H,3,8-13,16H2,1H3,(H,30,34). The average molecular weight is 471 g/mol. The molecule has 0 unspecified atom stereocenters. The Labute approximate surface area is 196 Å². The fourth-order valence-corrected chi connectivity index (χ4v) is 5.62. The predicted molar refractivity (Wildman–Crippen MR) is 128 cm³/mol. The van der Waals surface area contributed by atoms with E-state index in [0.29, 0.717) is 22.3 Å². The molecular weight excluding hydrogens is 441 g/mol. The van der Waals surface area contributed by atoms with Gasteiger partial charge in [-0.15, -0.1) is 0 Å². The van der Waals surface area contributed by atoms with E-state index in [1.165, 1.54) is 12.1 Å². The lowest BCUT2D eigenvalue weighted by molar-refractivity contribution is 0.0325. The first-order chi connectivity index (χ1) is 16.3. The Balaban J connectivity index is 1.27. The molecule has 1 amide bonds. The van der Waals surface area contributed by atoms with Crippen LogP contribution in [0.15, 0.2) is 42.5 Å². The van der Waals surface area contributed by atoms with Crippen molar-refractivity contribution in [3.8, 4) is 0 Å². The number of hydrogen-bond acceptors (Lipinski definition) is 3. The van der Waals surface area contributed by atoms with E-state index in [2.05, 4.69) is 15.2 Å². The minimum Gasteiger partial charge on any atom is -0.371 e. The maximum absolute atomic E-state index is 14.1. The van der Waals surface area contributed by atoms with Gasteiger partial charge in [0.2, 0.25) is 0 Å². The van der Waals surface area contributed by atoms with Crippen LogP contribution in [0.4, 0.5) is 24.5 Å². The number of nitrogens with zero attached hydrogens (tertiary/aromatic N) is 2. The number of aromatic amines is 1. The van der Waals surface area contributed by atoms with E-state index < -0.39 is 6.43 Å². The number of aryl methyl sites for hydroxylation is 1. The van der Waals surface area contributed by atoms with Gasteiger partial charge in [-0.25, -0.2) is 13.2 Å². The van der Waals surface area contributed by atoms with Gasteiger partial charge in [0, 0.05) is 35.4 Å². The van der Waals surface area contributed by atoms with Crippen molar-refractivity contribution in [2.75, 3.05) is 36.4 Å². The molecule has 2 fully saturated rings. The highest BCUT2D eigenvalue weighted by atomic mass is 19.3. The fraction of sp³-hybridized carbons (Fsp3) is 0.423. The van der Waals surface area contributed by atoms with E-state index in [4.69, 9.17) is 0 Å². The van der Waals surface area contributed by atoms with Gasteiger partial charge >= 0.3 is 0 Å². The summed E-state index contributed by atoms with van der Waals surface area (Å²) in [5, 5.41) is 3.30. The van der Waals surface area contributed by atoms with Crippen LogP contribution in [0.5, 0.6) is 0 Å². The van der Waals surface area contributed by atoms with Crippen molar-refractivity contribution in [1.82, 2.24) is 9.88 Å². The minimum absolute atomic E-state index is 0.109. The van der Waals surface area contributed by atoms with Gasteiger partial charge in [-0.05, 0) is 75.0 Å². The second-order valence-corrected chi connectivity index (χ2v) is 9.49. The van der Waals surface area contributed by atoms with Crippen molar-refractivity contribution in [3.63, 3.8) is 0 Å². The van der Waals surface area contributed by atoms with Gasteiger partial charge in [0.15, 0.2) is 0 Å². The highest BCUT2D eigenvalue weighted by molar-refractivity contribution is 6.06. The molecule has 34 heavy (non-hydrogen) atoms. The van der Waals surface area contributed by atoms with Crippen LogP contribution in [0, 0.1) is 12.7 Å². The molecule has 0 radical (unpaired) electrons. The lowest BCUT2D eigenvalue weighted by Gasteiger charge is -2.45. The minimum atomic E-state index is -2.30. The van der Waals surface area contributed by atoms with Crippen LogP contribution >= 0.6 is 0 Å². The number of amides is 1. The SMILES string of the molecule is Cc1ccc(F)c2cc(C(=O)Nc3cccc(N4CCC5(CCCN5CC(F)F)CC4)c3)[nH]c12. The van der Waals surface area contributed by atoms with E-state index in [9.17, 15) is 18.0 Å². The maximum atomic E-state index is 14.1. The summed E-state index contributed by atoms with van der Waals surface area (Å²) >= 11 is 0. The molecule has 1 spiro atoms. The van der Waals surface area contributed by atoms with Crippen LogP contribution in [0.2, 0.25) is 0 Å². The van der Waals surface area contributed by atoms with Gasteiger partial charge in [0.1, 0.15) is 11.5 Å². The van der Waals surface area contributed by atoms with Crippen LogP contribution in [0.3, 0.4) is 0 Å². The fourth-order valence-electron chi connectivity index (χ4n) is 5.62. The first-order valence-electron chi connectivity index (χ1n) is 11.8. The van der Waals surface area contributed by atoms with Gasteiger partial charge in [-0.1, -0.05) is 12.1 Å². The molecule has 0 bridgehead atoms. The number of aromatic nitrogens is 1. The molecule has 5 rings (SSSR count). The number of carbonyl (C=O) groups excluding carboxylic acids is 1. The summed E-state index contributed by atoms with van der Waals surface area (Å²) in [5.74, 6) is -0.700. The summed E-state index contributed by atoms with van der Waals surface area (Å²) in [6, 6.07) is 12.3. The van der Waals surface area contributed by atoms with Crippen molar-refractivity contribution in [2.24, 2.45) is 0 Å². The van der Waals surface area contributed by atoms with Gasteiger partial charge in [0.25, 0.3) is 12.3 Å². The molecule has 2 aliphatic heterocycles. The van der Waals surface area contributed by atoms with Gasteiger partial charge in [-0.3, -0.25) is 9.69 Å². The molecule has 2 aromatic carbocycles. The molecule has 0 aliphatic carbocycles. The number of rotatable bonds is 5. The highest BCUT2D eigenvalue weighted by Crippen LogP contribution is 2.40. The third-order valence-corrected chi connectivity index (χ3v) is 7.46. The first kappa shape index (κ1) is 22.8. The molecule has 0 saturated carbocycles. The smallest absolute Gasteiger partial charge is 0.272 e. The largest absolute Gasteiger partial charge is 0.371 e. The lowest BCUT2D eigenvalue weighted by atomic mass is 9.84. The Morgan fingerprint density at radius 1 is 1.12 bits per heavy atom. The average Bonchev–Trinajstić information content (AvgIpc) is 3.43. The normalized spacial score (nSPS) is 18.3. The zero-order chi connectivity index (χ0) is 23.9. The van der Waals surface area contributed by atoms with Crippen molar-refractivity contribution < 1.29 is 18.0 Å². The monoisotopic (exact) mass is 470 g/mol. The Morgan fingerprint density at radius 3 is 2.65 bits per heavy atom. The Bertz CT molecular complexity index is 1160. The van der Waals surface area contributed by atoms with E-state index in [1.807, 2.05) is 36.1 Å².